The fraction of sp³-hybridized carbons (Fsp3) is 0.500. The zero-order valence-electron chi connectivity index (χ0n) is 20.1. The van der Waals surface area contributed by atoms with Crippen LogP contribution in [-0.2, 0) is 22.6 Å². The Labute approximate surface area is 196 Å². The molecule has 2 aromatic carbocycles. The van der Waals surface area contributed by atoms with Crippen LogP contribution in [0.1, 0.15) is 51.2 Å². The molecule has 7 nitrogen and oxygen atoms in total. The minimum atomic E-state index is -0.573. The molecule has 1 fully saturated rings. The summed E-state index contributed by atoms with van der Waals surface area (Å²) in [5.74, 6) is 1.39. The van der Waals surface area contributed by atoms with Crippen LogP contribution >= 0.6 is 0 Å². The zero-order chi connectivity index (χ0) is 23.7. The Morgan fingerprint density at radius 1 is 1.00 bits per heavy atom. The number of nitrogens with one attached hydrogen (secondary N) is 1. The van der Waals surface area contributed by atoms with Gasteiger partial charge in [0, 0.05) is 32.2 Å². The highest BCUT2D eigenvalue weighted by Crippen LogP contribution is 2.26. The average molecular weight is 457 g/mol. The summed E-state index contributed by atoms with van der Waals surface area (Å²) in [7, 11) is 1.67. The molecule has 3 rings (SSSR count). The monoisotopic (exact) mass is 456 g/mol. The van der Waals surface area contributed by atoms with Crippen molar-refractivity contribution in [2.45, 2.75) is 64.8 Å². The minimum absolute atomic E-state index is 0.305. The molecular formula is C26H36N2O5. The van der Waals surface area contributed by atoms with Gasteiger partial charge in [-0.15, -0.1) is 0 Å². The molecule has 1 aliphatic rings. The van der Waals surface area contributed by atoms with Gasteiger partial charge in [-0.05, 0) is 56.9 Å². The first-order valence-electron chi connectivity index (χ1n) is 11.5. The van der Waals surface area contributed by atoms with Crippen LogP contribution in [0.5, 0.6) is 11.5 Å². The molecule has 0 bridgehead atoms. The van der Waals surface area contributed by atoms with E-state index in [1.54, 1.807) is 12.1 Å². The molecule has 0 atom stereocenters. The normalized spacial score (nSPS) is 13.5. The predicted octanol–water partition coefficient (Wildman–Crippen LogP) is 5.09. The summed E-state index contributed by atoms with van der Waals surface area (Å²) in [6, 6.07) is 16.1. The molecule has 180 valence electrons. The molecule has 1 amide bonds. The number of rotatable bonds is 12. The van der Waals surface area contributed by atoms with Crippen molar-refractivity contribution in [1.29, 1.82) is 0 Å². The van der Waals surface area contributed by atoms with Crippen LogP contribution in [-0.4, -0.2) is 43.1 Å². The van der Waals surface area contributed by atoms with Crippen molar-refractivity contribution in [2.75, 3.05) is 20.3 Å². The highest BCUT2D eigenvalue weighted by Gasteiger charge is 2.29. The molecule has 1 N–H and O–H groups in total. The van der Waals surface area contributed by atoms with Crippen molar-refractivity contribution in [3.8, 4) is 11.5 Å². The lowest BCUT2D eigenvalue weighted by molar-refractivity contribution is 0.0106. The Hall–Kier alpha value is -2.77. The number of carbonyl (C=O) groups excluding carboxylic acids is 1. The lowest BCUT2D eigenvalue weighted by atomic mass is 10.2. The summed E-state index contributed by atoms with van der Waals surface area (Å²) in [5.41, 5.74) is 4.68. The summed E-state index contributed by atoms with van der Waals surface area (Å²) in [4.78, 5) is 12.8. The van der Waals surface area contributed by atoms with Crippen LogP contribution in [0, 0.1) is 0 Å². The van der Waals surface area contributed by atoms with Crippen molar-refractivity contribution < 1.29 is 23.7 Å². The summed E-state index contributed by atoms with van der Waals surface area (Å²) in [5, 5.41) is 1.55. The van der Waals surface area contributed by atoms with Crippen LogP contribution < -0.4 is 14.9 Å². The molecule has 0 heterocycles. The lowest BCUT2D eigenvalue weighted by Gasteiger charge is -2.28. The first-order valence-corrected chi connectivity index (χ1v) is 11.5. The number of benzene rings is 2. The van der Waals surface area contributed by atoms with Crippen LogP contribution in [0.2, 0.25) is 0 Å². The second-order valence-corrected chi connectivity index (χ2v) is 9.25. The van der Waals surface area contributed by atoms with Crippen LogP contribution in [0.25, 0.3) is 0 Å². The third kappa shape index (κ3) is 9.32. The summed E-state index contributed by atoms with van der Waals surface area (Å²) in [6.45, 7) is 7.55. The van der Waals surface area contributed by atoms with E-state index in [-0.39, 0.29) is 0 Å². The van der Waals surface area contributed by atoms with Gasteiger partial charge in [0.2, 0.25) is 0 Å². The van der Waals surface area contributed by atoms with Gasteiger partial charge < -0.3 is 18.9 Å². The van der Waals surface area contributed by atoms with Gasteiger partial charge in [0.25, 0.3) is 0 Å². The third-order valence-electron chi connectivity index (χ3n) is 4.82. The standard InChI is InChI=1S/C26H36N2O5/c1-26(2,3)33-25(29)28(27-22-11-12-22)18-21-15-23(31-14-8-13-30-4)17-24(16-21)32-19-20-9-6-5-7-10-20/h5-7,9-10,15-17,22,27H,8,11-14,18-19H2,1-4H3. The molecular weight excluding hydrogens is 420 g/mol. The zero-order valence-corrected chi connectivity index (χ0v) is 20.1. The van der Waals surface area contributed by atoms with E-state index in [4.69, 9.17) is 18.9 Å². The van der Waals surface area contributed by atoms with E-state index >= 15 is 0 Å². The Morgan fingerprint density at radius 2 is 1.70 bits per heavy atom. The van der Waals surface area contributed by atoms with E-state index in [9.17, 15) is 4.79 Å². The molecule has 2 aromatic rings. The number of hydrogen-bond donors (Lipinski definition) is 1. The van der Waals surface area contributed by atoms with Gasteiger partial charge in [-0.3, -0.25) is 0 Å². The second-order valence-electron chi connectivity index (χ2n) is 9.25. The Morgan fingerprint density at radius 3 is 2.33 bits per heavy atom. The number of hydrazine groups is 1. The van der Waals surface area contributed by atoms with E-state index in [1.165, 1.54) is 0 Å². The van der Waals surface area contributed by atoms with Gasteiger partial charge in [-0.25, -0.2) is 15.2 Å². The van der Waals surface area contributed by atoms with Gasteiger partial charge >= 0.3 is 6.09 Å². The van der Waals surface area contributed by atoms with Gasteiger partial charge in [-0.2, -0.15) is 0 Å². The molecule has 1 saturated carbocycles. The number of ether oxygens (including phenoxy) is 4. The number of amides is 1. The van der Waals surface area contributed by atoms with E-state index in [0.717, 1.165) is 30.4 Å². The van der Waals surface area contributed by atoms with Gasteiger partial charge in [0.15, 0.2) is 0 Å². The Kier molecular flexibility index (Phi) is 8.97. The van der Waals surface area contributed by atoms with Gasteiger partial charge in [0.05, 0.1) is 13.2 Å². The third-order valence-corrected chi connectivity index (χ3v) is 4.82. The van der Waals surface area contributed by atoms with Crippen molar-refractivity contribution in [2.24, 2.45) is 0 Å². The lowest BCUT2D eigenvalue weighted by Crippen LogP contribution is -2.46. The van der Waals surface area contributed by atoms with Crippen molar-refractivity contribution in [1.82, 2.24) is 10.4 Å². The quantitative estimate of drug-likeness (QED) is 0.355. The number of methoxy groups -OCH3 is 1. The van der Waals surface area contributed by atoms with Crippen molar-refractivity contribution in [3.63, 3.8) is 0 Å². The van der Waals surface area contributed by atoms with Crippen LogP contribution in [0.4, 0.5) is 4.79 Å². The highest BCUT2D eigenvalue weighted by molar-refractivity contribution is 5.67. The summed E-state index contributed by atoms with van der Waals surface area (Å²) < 4.78 is 22.7. The maximum Gasteiger partial charge on any atom is 0.425 e. The largest absolute Gasteiger partial charge is 0.493 e. The van der Waals surface area contributed by atoms with E-state index < -0.39 is 11.7 Å². The number of hydrogen-bond acceptors (Lipinski definition) is 6. The smallest absolute Gasteiger partial charge is 0.425 e. The molecule has 7 heteroatoms. The molecule has 33 heavy (non-hydrogen) atoms. The average Bonchev–Trinajstić information content (AvgIpc) is 3.58. The van der Waals surface area contributed by atoms with Crippen LogP contribution in [0.15, 0.2) is 48.5 Å². The SMILES string of the molecule is COCCCOc1cc(CN(NC2CC2)C(=O)OC(C)(C)C)cc(OCc2ccccc2)c1. The molecule has 0 aromatic heterocycles. The topological polar surface area (TPSA) is 69.3 Å². The van der Waals surface area contributed by atoms with Gasteiger partial charge in [0.1, 0.15) is 23.7 Å². The van der Waals surface area contributed by atoms with Crippen molar-refractivity contribution in [3.05, 3.63) is 59.7 Å². The van der Waals surface area contributed by atoms with E-state index in [2.05, 4.69) is 5.43 Å². The molecule has 0 aliphatic heterocycles. The number of nitrogens with zero attached hydrogens (tertiary/aromatic N) is 1. The summed E-state index contributed by atoms with van der Waals surface area (Å²) >= 11 is 0. The first kappa shape index (κ1) is 24.9. The molecule has 0 unspecified atom stereocenters. The second kappa shape index (κ2) is 11.9. The fourth-order valence-corrected chi connectivity index (χ4v) is 3.12. The molecule has 1 aliphatic carbocycles. The van der Waals surface area contributed by atoms with E-state index in [1.807, 2.05) is 69.3 Å². The van der Waals surface area contributed by atoms with Crippen LogP contribution in [0.3, 0.4) is 0 Å². The van der Waals surface area contributed by atoms with Gasteiger partial charge in [-0.1, -0.05) is 30.3 Å². The van der Waals surface area contributed by atoms with E-state index in [0.29, 0.717) is 43.9 Å². The highest BCUT2D eigenvalue weighted by atomic mass is 16.6. The van der Waals surface area contributed by atoms with Crippen molar-refractivity contribution >= 4 is 6.09 Å². The maximum absolute atomic E-state index is 12.8. The first-order chi connectivity index (χ1) is 15.8. The fourth-order valence-electron chi connectivity index (χ4n) is 3.12. The predicted molar refractivity (Wildman–Crippen MR) is 127 cm³/mol. The molecule has 0 saturated heterocycles. The Bertz CT molecular complexity index is 878. The molecule has 0 radical (unpaired) electrons. The molecule has 0 spiro atoms. The maximum atomic E-state index is 12.8. The minimum Gasteiger partial charge on any atom is -0.493 e. The summed E-state index contributed by atoms with van der Waals surface area (Å²) in [6.07, 6.45) is 2.49. The number of carbonyl (C=O) groups is 1. The Balaban J connectivity index is 1.75.